The van der Waals surface area contributed by atoms with Gasteiger partial charge in [-0.2, -0.15) is 0 Å². The summed E-state index contributed by atoms with van der Waals surface area (Å²) in [5, 5.41) is 3.14. The Morgan fingerprint density at radius 3 is 2.71 bits per heavy atom. The molecule has 0 aliphatic carbocycles. The molecule has 0 amide bonds. The number of ether oxygens (including phenoxy) is 2. The van der Waals surface area contributed by atoms with Crippen LogP contribution in [0, 0.1) is 0 Å². The van der Waals surface area contributed by atoms with E-state index in [0.29, 0.717) is 0 Å². The Morgan fingerprint density at radius 1 is 1.24 bits per heavy atom. The zero-order valence-electron chi connectivity index (χ0n) is 10.5. The number of benzene rings is 1. The zero-order valence-corrected chi connectivity index (χ0v) is 12.0. The Bertz CT molecular complexity index is 331. The maximum absolute atomic E-state index is 5.82. The van der Waals surface area contributed by atoms with Crippen molar-refractivity contribution < 1.29 is 9.47 Å². The molecule has 0 atom stereocenters. The topological polar surface area (TPSA) is 30.5 Å². The molecule has 0 unspecified atom stereocenters. The third kappa shape index (κ3) is 5.06. The van der Waals surface area contributed by atoms with Gasteiger partial charge < -0.3 is 14.8 Å². The number of hydrogen-bond acceptors (Lipinski definition) is 3. The van der Waals surface area contributed by atoms with E-state index >= 15 is 0 Å². The van der Waals surface area contributed by atoms with Gasteiger partial charge in [0.15, 0.2) is 0 Å². The van der Waals surface area contributed by atoms with Crippen LogP contribution in [0.1, 0.15) is 18.4 Å². The van der Waals surface area contributed by atoms with E-state index in [1.165, 1.54) is 5.56 Å². The maximum atomic E-state index is 5.82. The SMILES string of the molecule is CNCc1cccc(Br)c1OCCCCOC. The van der Waals surface area contributed by atoms with Crippen LogP contribution in [0.25, 0.3) is 0 Å². The second-order valence-corrected chi connectivity index (χ2v) is 4.66. The molecule has 1 rings (SSSR count). The molecule has 1 aromatic rings. The highest BCUT2D eigenvalue weighted by Gasteiger charge is 2.06. The second kappa shape index (κ2) is 8.50. The lowest BCUT2D eigenvalue weighted by Crippen LogP contribution is -2.08. The van der Waals surface area contributed by atoms with Gasteiger partial charge in [-0.15, -0.1) is 0 Å². The maximum Gasteiger partial charge on any atom is 0.137 e. The van der Waals surface area contributed by atoms with Crippen molar-refractivity contribution in [2.24, 2.45) is 0 Å². The molecular formula is C13H20BrNO2. The third-order valence-electron chi connectivity index (χ3n) is 2.40. The summed E-state index contributed by atoms with van der Waals surface area (Å²) >= 11 is 3.52. The van der Waals surface area contributed by atoms with Gasteiger partial charge in [0.05, 0.1) is 11.1 Å². The highest BCUT2D eigenvalue weighted by molar-refractivity contribution is 9.10. The van der Waals surface area contributed by atoms with E-state index in [0.717, 1.165) is 42.8 Å². The number of unbranched alkanes of at least 4 members (excludes halogenated alkanes) is 1. The van der Waals surface area contributed by atoms with E-state index in [1.54, 1.807) is 7.11 Å². The molecule has 96 valence electrons. The van der Waals surface area contributed by atoms with E-state index in [2.05, 4.69) is 27.3 Å². The fourth-order valence-corrected chi connectivity index (χ4v) is 2.09. The van der Waals surface area contributed by atoms with Crippen molar-refractivity contribution in [1.29, 1.82) is 0 Å². The fraction of sp³-hybridized carbons (Fsp3) is 0.538. The van der Waals surface area contributed by atoms with Gasteiger partial charge in [-0.25, -0.2) is 0 Å². The summed E-state index contributed by atoms with van der Waals surface area (Å²) < 4.78 is 11.8. The van der Waals surface area contributed by atoms with E-state index in [4.69, 9.17) is 9.47 Å². The molecule has 0 saturated heterocycles. The summed E-state index contributed by atoms with van der Waals surface area (Å²) in [4.78, 5) is 0. The Kier molecular flexibility index (Phi) is 7.24. The number of para-hydroxylation sites is 1. The van der Waals surface area contributed by atoms with Crippen LogP contribution in [-0.4, -0.2) is 27.4 Å². The van der Waals surface area contributed by atoms with Crippen LogP contribution >= 0.6 is 15.9 Å². The highest BCUT2D eigenvalue weighted by Crippen LogP contribution is 2.29. The number of hydrogen-bond donors (Lipinski definition) is 1. The minimum absolute atomic E-state index is 0.725. The van der Waals surface area contributed by atoms with E-state index in [1.807, 2.05) is 19.2 Å². The molecule has 0 fully saturated rings. The lowest BCUT2D eigenvalue weighted by Gasteiger charge is -2.13. The number of nitrogens with one attached hydrogen (secondary N) is 1. The molecule has 1 aromatic carbocycles. The van der Waals surface area contributed by atoms with Crippen molar-refractivity contribution in [3.05, 3.63) is 28.2 Å². The zero-order chi connectivity index (χ0) is 12.5. The molecule has 3 nitrogen and oxygen atoms in total. The van der Waals surface area contributed by atoms with E-state index < -0.39 is 0 Å². The summed E-state index contributed by atoms with van der Waals surface area (Å²) in [5.74, 6) is 0.944. The standard InChI is InChI=1S/C13H20BrNO2/c1-15-10-11-6-5-7-12(14)13(11)17-9-4-3-8-16-2/h5-7,15H,3-4,8-10H2,1-2H3. The summed E-state index contributed by atoms with van der Waals surface area (Å²) in [7, 11) is 3.66. The van der Waals surface area contributed by atoms with Gasteiger partial charge in [0.1, 0.15) is 5.75 Å². The number of halogens is 1. The summed E-state index contributed by atoms with van der Waals surface area (Å²) in [6.45, 7) is 2.33. The largest absolute Gasteiger partial charge is 0.492 e. The summed E-state index contributed by atoms with van der Waals surface area (Å²) in [6, 6.07) is 6.10. The van der Waals surface area contributed by atoms with Crippen LogP contribution in [0.3, 0.4) is 0 Å². The van der Waals surface area contributed by atoms with Crippen molar-refractivity contribution in [3.63, 3.8) is 0 Å². The van der Waals surface area contributed by atoms with Gasteiger partial charge in [0, 0.05) is 25.8 Å². The minimum atomic E-state index is 0.725. The minimum Gasteiger partial charge on any atom is -0.492 e. The molecule has 0 spiro atoms. The van der Waals surface area contributed by atoms with Gasteiger partial charge in [0.2, 0.25) is 0 Å². The molecule has 0 aliphatic rings. The predicted octanol–water partition coefficient (Wildman–Crippen LogP) is 2.97. The second-order valence-electron chi connectivity index (χ2n) is 3.81. The van der Waals surface area contributed by atoms with Crippen molar-refractivity contribution in [1.82, 2.24) is 5.32 Å². The highest BCUT2D eigenvalue weighted by atomic mass is 79.9. The Morgan fingerprint density at radius 2 is 2.00 bits per heavy atom. The van der Waals surface area contributed by atoms with Gasteiger partial charge in [-0.05, 0) is 41.9 Å². The van der Waals surface area contributed by atoms with Crippen molar-refractivity contribution in [2.45, 2.75) is 19.4 Å². The molecule has 0 aromatic heterocycles. The quantitative estimate of drug-likeness (QED) is 0.749. The summed E-state index contributed by atoms with van der Waals surface area (Å²) in [5.41, 5.74) is 1.17. The van der Waals surface area contributed by atoms with Crippen LogP contribution in [0.2, 0.25) is 0 Å². The Hall–Kier alpha value is -0.580. The lowest BCUT2D eigenvalue weighted by atomic mass is 10.2. The first-order chi connectivity index (χ1) is 8.29. The Labute approximate surface area is 112 Å². The first kappa shape index (κ1) is 14.5. The molecule has 0 heterocycles. The van der Waals surface area contributed by atoms with Crippen LogP contribution < -0.4 is 10.1 Å². The van der Waals surface area contributed by atoms with Crippen LogP contribution in [-0.2, 0) is 11.3 Å². The van der Waals surface area contributed by atoms with Crippen LogP contribution in [0.4, 0.5) is 0 Å². The lowest BCUT2D eigenvalue weighted by molar-refractivity contribution is 0.184. The molecule has 4 heteroatoms. The molecule has 0 aliphatic heterocycles. The van der Waals surface area contributed by atoms with Crippen molar-refractivity contribution in [3.8, 4) is 5.75 Å². The normalized spacial score (nSPS) is 10.5. The average molecular weight is 302 g/mol. The predicted molar refractivity (Wildman–Crippen MR) is 73.5 cm³/mol. The van der Waals surface area contributed by atoms with Gasteiger partial charge in [-0.3, -0.25) is 0 Å². The average Bonchev–Trinajstić information content (AvgIpc) is 2.32. The van der Waals surface area contributed by atoms with E-state index in [-0.39, 0.29) is 0 Å². The number of methoxy groups -OCH3 is 1. The third-order valence-corrected chi connectivity index (χ3v) is 3.03. The first-order valence-corrected chi connectivity index (χ1v) is 6.62. The first-order valence-electron chi connectivity index (χ1n) is 5.83. The van der Waals surface area contributed by atoms with Gasteiger partial charge >= 0.3 is 0 Å². The molecule has 1 N–H and O–H groups in total. The molecule has 0 bridgehead atoms. The molecule has 0 saturated carbocycles. The van der Waals surface area contributed by atoms with Gasteiger partial charge in [0.25, 0.3) is 0 Å². The van der Waals surface area contributed by atoms with E-state index in [9.17, 15) is 0 Å². The van der Waals surface area contributed by atoms with Crippen molar-refractivity contribution >= 4 is 15.9 Å². The molecule has 17 heavy (non-hydrogen) atoms. The van der Waals surface area contributed by atoms with Gasteiger partial charge in [-0.1, -0.05) is 12.1 Å². The monoisotopic (exact) mass is 301 g/mol. The fourth-order valence-electron chi connectivity index (χ4n) is 1.57. The van der Waals surface area contributed by atoms with Crippen molar-refractivity contribution in [2.75, 3.05) is 27.4 Å². The molecule has 0 radical (unpaired) electrons. The molecular weight excluding hydrogens is 282 g/mol. The Balaban J connectivity index is 2.50. The summed E-state index contributed by atoms with van der Waals surface area (Å²) in [6.07, 6.45) is 2.04. The van der Waals surface area contributed by atoms with Crippen LogP contribution in [0.15, 0.2) is 22.7 Å². The van der Waals surface area contributed by atoms with Crippen LogP contribution in [0.5, 0.6) is 5.75 Å². The number of rotatable bonds is 8. The smallest absolute Gasteiger partial charge is 0.137 e.